The molecule has 0 aliphatic carbocycles. The van der Waals surface area contributed by atoms with Crippen LogP contribution in [0.5, 0.6) is 0 Å². The highest BCUT2D eigenvalue weighted by atomic mass is 31.2. The molecule has 0 amide bonds. The predicted octanol–water partition coefficient (Wildman–Crippen LogP) is 7.34. The highest BCUT2D eigenvalue weighted by Gasteiger charge is 2.26. The van der Waals surface area contributed by atoms with Gasteiger partial charge in [0.2, 0.25) is 0 Å². The number of aliphatic carboxylic acids is 1. The normalized spacial score (nSPS) is 13.2. The fraction of sp³-hybridized carbons (Fsp3) is 0.235. The van der Waals surface area contributed by atoms with Gasteiger partial charge in [-0.3, -0.25) is 14.3 Å². The molecule has 0 saturated carbocycles. The summed E-state index contributed by atoms with van der Waals surface area (Å²) in [6.45, 7) is 3.96. The van der Waals surface area contributed by atoms with Crippen LogP contribution in [-0.2, 0) is 20.3 Å². The Balaban J connectivity index is 1.90. The molecular formula is C34H33FNO5P. The average molecular weight is 586 g/mol. The molecule has 2 N–H and O–H groups in total. The van der Waals surface area contributed by atoms with Gasteiger partial charge in [-0.1, -0.05) is 86.5 Å². The Bertz CT molecular complexity index is 1660. The highest BCUT2D eigenvalue weighted by Crippen LogP contribution is 2.46. The van der Waals surface area contributed by atoms with Gasteiger partial charge in [-0.15, -0.1) is 0 Å². The van der Waals surface area contributed by atoms with Gasteiger partial charge in [0.1, 0.15) is 5.82 Å². The molecule has 4 aromatic rings. The minimum atomic E-state index is -3.73. The summed E-state index contributed by atoms with van der Waals surface area (Å²) in [5.41, 5.74) is 9.17. The fourth-order valence-corrected chi connectivity index (χ4v) is 6.00. The van der Waals surface area contributed by atoms with E-state index in [9.17, 15) is 18.9 Å². The molecule has 0 bridgehead atoms. The summed E-state index contributed by atoms with van der Waals surface area (Å²) in [7, 11) is -2.51. The fourth-order valence-electron chi connectivity index (χ4n) is 4.70. The van der Waals surface area contributed by atoms with Gasteiger partial charge in [-0.25, -0.2) is 4.39 Å². The van der Waals surface area contributed by atoms with Crippen LogP contribution in [0, 0.1) is 17.4 Å². The number of halogens is 1. The number of hydrogen-bond acceptors (Lipinski definition) is 5. The van der Waals surface area contributed by atoms with E-state index in [0.29, 0.717) is 28.8 Å². The monoisotopic (exact) mass is 585 g/mol. The summed E-state index contributed by atoms with van der Waals surface area (Å²) in [5.74, 6) is 1.32. The van der Waals surface area contributed by atoms with E-state index in [-0.39, 0.29) is 11.7 Å². The number of rotatable bonds is 10. The molecule has 0 radical (unpaired) electrons. The molecule has 1 unspecified atom stereocenters. The van der Waals surface area contributed by atoms with Crippen LogP contribution in [-0.4, -0.2) is 40.5 Å². The first kappa shape index (κ1) is 30.9. The lowest BCUT2D eigenvalue weighted by Crippen LogP contribution is -2.17. The van der Waals surface area contributed by atoms with Gasteiger partial charge in [0.25, 0.3) is 7.37 Å². The summed E-state index contributed by atoms with van der Waals surface area (Å²) in [4.78, 5) is 16.1. The second-order valence-corrected chi connectivity index (χ2v) is 12.6. The number of aliphatic hydroxyl groups excluding tert-OH is 1. The number of carboxylic acids is 1. The summed E-state index contributed by atoms with van der Waals surface area (Å²) in [6, 6.07) is 26.2. The van der Waals surface area contributed by atoms with Gasteiger partial charge in [-0.2, -0.15) is 0 Å². The number of nitrogens with zero attached hydrogens (tertiary/aromatic N) is 1. The molecule has 0 saturated heterocycles. The molecular weight excluding hydrogens is 552 g/mol. The van der Waals surface area contributed by atoms with Crippen LogP contribution in [0.1, 0.15) is 48.6 Å². The first-order valence-electron chi connectivity index (χ1n) is 13.6. The third kappa shape index (κ3) is 7.80. The standard InChI is InChI=1S/C34H33FNO5P/c1-23(2)34-30(17-18-42(40,41-3)22-28(37)20-33(38)39)31(25-13-15-27(35)16-14-25)21-32(36-34)29-12-8-7-11-26(29)19-24-9-5-4-6-10-24/h4-16,21,23,28,37H,19-20,22H2,1-3H3,(H,38,39)/t28-,42?/m0/s1. The number of carbonyl (C=O) groups is 1. The number of pyridine rings is 1. The Morgan fingerprint density at radius 2 is 1.67 bits per heavy atom. The van der Waals surface area contributed by atoms with E-state index in [4.69, 9.17) is 14.6 Å². The van der Waals surface area contributed by atoms with Crippen LogP contribution in [0.3, 0.4) is 0 Å². The largest absolute Gasteiger partial charge is 0.481 e. The van der Waals surface area contributed by atoms with E-state index in [1.54, 1.807) is 12.1 Å². The zero-order chi connectivity index (χ0) is 30.3. The van der Waals surface area contributed by atoms with Crippen LogP contribution in [0.25, 0.3) is 22.4 Å². The average Bonchev–Trinajstić information content (AvgIpc) is 2.96. The minimum Gasteiger partial charge on any atom is -0.481 e. The number of aliphatic hydroxyl groups is 1. The SMILES string of the molecule is COP(=O)(C#Cc1c(-c2ccc(F)cc2)cc(-c2ccccc2Cc2ccccc2)nc1C(C)C)C[C@@H](O)CC(=O)O. The van der Waals surface area contributed by atoms with Crippen LogP contribution >= 0.6 is 7.37 Å². The quantitative estimate of drug-likeness (QED) is 0.149. The summed E-state index contributed by atoms with van der Waals surface area (Å²) in [6.07, 6.45) is -1.68. The second-order valence-electron chi connectivity index (χ2n) is 10.3. The lowest BCUT2D eigenvalue weighted by molar-refractivity contribution is -0.138. The first-order chi connectivity index (χ1) is 20.1. The Kier molecular flexibility index (Phi) is 10.1. The van der Waals surface area contributed by atoms with Crippen molar-refractivity contribution >= 4 is 13.3 Å². The lowest BCUT2D eigenvalue weighted by atomic mass is 9.91. The van der Waals surface area contributed by atoms with Gasteiger partial charge in [-0.05, 0) is 52.9 Å². The van der Waals surface area contributed by atoms with Crippen molar-refractivity contribution in [1.29, 1.82) is 0 Å². The molecule has 216 valence electrons. The van der Waals surface area contributed by atoms with E-state index >= 15 is 0 Å². The number of aromatic nitrogens is 1. The summed E-state index contributed by atoms with van der Waals surface area (Å²) in [5, 5.41) is 19.1. The topological polar surface area (TPSA) is 96.7 Å². The van der Waals surface area contributed by atoms with Crippen LogP contribution in [0.4, 0.5) is 4.39 Å². The molecule has 3 aromatic carbocycles. The van der Waals surface area contributed by atoms with Gasteiger partial charge in [0.05, 0.1) is 35.6 Å². The molecule has 0 fully saturated rings. The molecule has 6 nitrogen and oxygen atoms in total. The molecule has 1 heterocycles. The zero-order valence-electron chi connectivity index (χ0n) is 23.8. The van der Waals surface area contributed by atoms with Gasteiger partial charge in [0, 0.05) is 18.2 Å². The van der Waals surface area contributed by atoms with E-state index in [0.717, 1.165) is 22.4 Å². The maximum atomic E-state index is 13.9. The Morgan fingerprint density at radius 3 is 2.31 bits per heavy atom. The Labute approximate surface area is 245 Å². The summed E-state index contributed by atoms with van der Waals surface area (Å²) >= 11 is 0. The molecule has 4 rings (SSSR count). The van der Waals surface area contributed by atoms with Crippen molar-refractivity contribution in [2.45, 2.75) is 38.7 Å². The lowest BCUT2D eigenvalue weighted by Gasteiger charge is -2.18. The van der Waals surface area contributed by atoms with Crippen molar-refractivity contribution in [3.8, 4) is 34.0 Å². The Hall–Kier alpha value is -4.08. The maximum absolute atomic E-state index is 13.9. The van der Waals surface area contributed by atoms with Crippen molar-refractivity contribution in [3.63, 3.8) is 0 Å². The van der Waals surface area contributed by atoms with Crippen molar-refractivity contribution in [1.82, 2.24) is 4.98 Å². The number of benzene rings is 3. The highest BCUT2D eigenvalue weighted by molar-refractivity contribution is 7.64. The van der Waals surface area contributed by atoms with Crippen molar-refractivity contribution < 1.29 is 28.5 Å². The maximum Gasteiger partial charge on any atom is 0.305 e. The minimum absolute atomic E-state index is 0.0886. The number of carboxylic acid groups (broad SMARTS) is 1. The molecule has 42 heavy (non-hydrogen) atoms. The third-order valence-corrected chi connectivity index (χ3v) is 8.73. The molecule has 0 spiro atoms. The van der Waals surface area contributed by atoms with E-state index in [2.05, 4.69) is 29.8 Å². The Morgan fingerprint density at radius 1 is 1.00 bits per heavy atom. The third-order valence-electron chi connectivity index (χ3n) is 6.79. The van der Waals surface area contributed by atoms with E-state index < -0.39 is 32.0 Å². The van der Waals surface area contributed by atoms with Gasteiger partial charge < -0.3 is 14.7 Å². The van der Waals surface area contributed by atoms with Crippen LogP contribution < -0.4 is 0 Å². The van der Waals surface area contributed by atoms with E-state index in [1.807, 2.05) is 56.3 Å². The van der Waals surface area contributed by atoms with Crippen molar-refractivity contribution in [3.05, 3.63) is 113 Å². The smallest absolute Gasteiger partial charge is 0.305 e. The predicted molar refractivity (Wildman–Crippen MR) is 163 cm³/mol. The van der Waals surface area contributed by atoms with Crippen LogP contribution in [0.2, 0.25) is 0 Å². The summed E-state index contributed by atoms with van der Waals surface area (Å²) < 4.78 is 32.5. The van der Waals surface area contributed by atoms with E-state index in [1.165, 1.54) is 19.2 Å². The molecule has 1 aromatic heterocycles. The number of hydrogen-bond donors (Lipinski definition) is 2. The molecule has 0 aliphatic heterocycles. The molecule has 8 heteroatoms. The van der Waals surface area contributed by atoms with Gasteiger partial charge >= 0.3 is 5.97 Å². The van der Waals surface area contributed by atoms with Gasteiger partial charge in [0.15, 0.2) is 0 Å². The van der Waals surface area contributed by atoms with Crippen molar-refractivity contribution in [2.75, 3.05) is 13.3 Å². The van der Waals surface area contributed by atoms with Crippen molar-refractivity contribution in [2.24, 2.45) is 0 Å². The second kappa shape index (κ2) is 13.7. The molecule has 2 atom stereocenters. The first-order valence-corrected chi connectivity index (χ1v) is 15.4. The molecule has 0 aliphatic rings. The van der Waals surface area contributed by atoms with Crippen LogP contribution in [0.15, 0.2) is 84.9 Å². The zero-order valence-corrected chi connectivity index (χ0v) is 24.6.